The van der Waals surface area contributed by atoms with Gasteiger partial charge in [0.1, 0.15) is 0 Å². The van der Waals surface area contributed by atoms with Crippen molar-refractivity contribution in [2.75, 3.05) is 13.1 Å². The van der Waals surface area contributed by atoms with Gasteiger partial charge in [-0.25, -0.2) is 0 Å². The van der Waals surface area contributed by atoms with Crippen molar-refractivity contribution in [2.24, 2.45) is 0 Å². The molecular weight excluding hydrogens is 262 g/mol. The first-order chi connectivity index (χ1) is 10.2. The third-order valence-electron chi connectivity index (χ3n) is 3.99. The zero-order chi connectivity index (χ0) is 14.9. The predicted octanol–water partition coefficient (Wildman–Crippen LogP) is 1.81. The van der Waals surface area contributed by atoms with Gasteiger partial charge in [0, 0.05) is 18.6 Å². The maximum Gasteiger partial charge on any atom is 0.234 e. The maximum atomic E-state index is 11.8. The van der Waals surface area contributed by atoms with Gasteiger partial charge in [0.25, 0.3) is 0 Å². The van der Waals surface area contributed by atoms with E-state index in [0.717, 1.165) is 18.5 Å². The number of piperidine rings is 1. The fourth-order valence-electron chi connectivity index (χ4n) is 2.76. The fourth-order valence-corrected chi connectivity index (χ4v) is 2.76. The van der Waals surface area contributed by atoms with E-state index in [4.69, 9.17) is 0 Å². The quantitative estimate of drug-likeness (QED) is 0.717. The zero-order valence-electron chi connectivity index (χ0n) is 12.9. The second kappa shape index (κ2) is 8.80. The molecule has 21 heavy (non-hydrogen) atoms. The molecular formula is C17H27N3O. The highest BCUT2D eigenvalue weighted by molar-refractivity contribution is 5.77. The first-order valence-corrected chi connectivity index (χ1v) is 8.01. The summed E-state index contributed by atoms with van der Waals surface area (Å²) in [6, 6.07) is 11.0. The van der Waals surface area contributed by atoms with E-state index in [1.165, 1.54) is 19.3 Å². The van der Waals surface area contributed by atoms with Crippen LogP contribution in [0.15, 0.2) is 30.3 Å². The third-order valence-corrected chi connectivity index (χ3v) is 3.99. The molecule has 116 valence electrons. The Bertz CT molecular complexity index is 415. The molecule has 1 aliphatic rings. The Labute approximate surface area is 127 Å². The Morgan fingerprint density at radius 1 is 1.33 bits per heavy atom. The average Bonchev–Trinajstić information content (AvgIpc) is 2.53. The lowest BCUT2D eigenvalue weighted by atomic mass is 9.99. The predicted molar refractivity (Wildman–Crippen MR) is 86.0 cm³/mol. The highest BCUT2D eigenvalue weighted by Crippen LogP contribution is 2.11. The van der Waals surface area contributed by atoms with Gasteiger partial charge in [0.2, 0.25) is 5.91 Å². The number of carbonyl (C=O) groups excluding carboxylic acids is 1. The summed E-state index contributed by atoms with van der Waals surface area (Å²) in [5, 5.41) is 9.80. The second-order valence-corrected chi connectivity index (χ2v) is 5.93. The van der Waals surface area contributed by atoms with E-state index in [-0.39, 0.29) is 5.91 Å². The Hall–Kier alpha value is -1.39. The molecule has 0 radical (unpaired) electrons. The number of hydrogen-bond donors (Lipinski definition) is 3. The van der Waals surface area contributed by atoms with Crippen molar-refractivity contribution in [3.8, 4) is 0 Å². The van der Waals surface area contributed by atoms with Crippen molar-refractivity contribution < 1.29 is 4.79 Å². The molecule has 1 saturated heterocycles. The lowest BCUT2D eigenvalue weighted by Crippen LogP contribution is -2.42. The fraction of sp³-hybridized carbons (Fsp3) is 0.588. The molecule has 4 heteroatoms. The lowest BCUT2D eigenvalue weighted by Gasteiger charge is -2.26. The van der Waals surface area contributed by atoms with Crippen LogP contribution in [0.1, 0.15) is 38.2 Å². The SMILES string of the molecule is CC(CC1CCCCN1)NCC(=O)NCc1ccccc1. The Kier molecular flexibility index (Phi) is 6.70. The van der Waals surface area contributed by atoms with Gasteiger partial charge in [0.05, 0.1) is 6.54 Å². The van der Waals surface area contributed by atoms with Gasteiger partial charge in [-0.3, -0.25) is 4.79 Å². The van der Waals surface area contributed by atoms with Crippen molar-refractivity contribution in [3.05, 3.63) is 35.9 Å². The summed E-state index contributed by atoms with van der Waals surface area (Å²) in [5.74, 6) is 0.0577. The van der Waals surface area contributed by atoms with Crippen LogP contribution in [0.5, 0.6) is 0 Å². The second-order valence-electron chi connectivity index (χ2n) is 5.93. The molecule has 1 fully saturated rings. The van der Waals surface area contributed by atoms with Crippen LogP contribution in [0.4, 0.5) is 0 Å². The molecule has 2 unspecified atom stereocenters. The summed E-state index contributed by atoms with van der Waals surface area (Å²) in [6.45, 7) is 4.27. The highest BCUT2D eigenvalue weighted by Gasteiger charge is 2.15. The molecule has 1 amide bonds. The van der Waals surface area contributed by atoms with Crippen molar-refractivity contribution in [3.63, 3.8) is 0 Å². The lowest BCUT2D eigenvalue weighted by molar-refractivity contribution is -0.120. The van der Waals surface area contributed by atoms with E-state index in [0.29, 0.717) is 25.2 Å². The van der Waals surface area contributed by atoms with Crippen molar-refractivity contribution >= 4 is 5.91 Å². The molecule has 1 aromatic carbocycles. The molecule has 3 N–H and O–H groups in total. The van der Waals surface area contributed by atoms with E-state index in [1.807, 2.05) is 30.3 Å². The monoisotopic (exact) mass is 289 g/mol. The van der Waals surface area contributed by atoms with E-state index in [1.54, 1.807) is 0 Å². The van der Waals surface area contributed by atoms with Crippen molar-refractivity contribution in [2.45, 2.75) is 51.2 Å². The third kappa shape index (κ3) is 6.27. The number of benzene rings is 1. The number of hydrogen-bond acceptors (Lipinski definition) is 3. The highest BCUT2D eigenvalue weighted by atomic mass is 16.1. The molecule has 0 aromatic heterocycles. The molecule has 0 saturated carbocycles. The van der Waals surface area contributed by atoms with E-state index < -0.39 is 0 Å². The largest absolute Gasteiger partial charge is 0.351 e. The minimum atomic E-state index is 0.0577. The van der Waals surface area contributed by atoms with Crippen LogP contribution in [0.25, 0.3) is 0 Å². The Morgan fingerprint density at radius 2 is 2.14 bits per heavy atom. The van der Waals surface area contributed by atoms with E-state index >= 15 is 0 Å². The van der Waals surface area contributed by atoms with Crippen molar-refractivity contribution in [1.82, 2.24) is 16.0 Å². The van der Waals surface area contributed by atoms with E-state index in [9.17, 15) is 4.79 Å². The van der Waals surface area contributed by atoms with Crippen LogP contribution in [-0.4, -0.2) is 31.1 Å². The van der Waals surface area contributed by atoms with Crippen LogP contribution >= 0.6 is 0 Å². The zero-order valence-corrected chi connectivity index (χ0v) is 12.9. The minimum Gasteiger partial charge on any atom is -0.351 e. The Balaban J connectivity index is 1.59. The number of rotatable bonds is 7. The standard InChI is InChI=1S/C17H27N3O/c1-14(11-16-9-5-6-10-18-16)19-13-17(21)20-12-15-7-3-2-4-8-15/h2-4,7-8,14,16,18-19H,5-6,9-13H2,1H3,(H,20,21). The first kappa shape index (κ1) is 16.0. The molecule has 1 aromatic rings. The topological polar surface area (TPSA) is 53.2 Å². The summed E-state index contributed by atoms with van der Waals surface area (Å²) in [7, 11) is 0. The maximum absolute atomic E-state index is 11.8. The van der Waals surface area contributed by atoms with Gasteiger partial charge in [-0.05, 0) is 38.3 Å². The molecule has 0 aliphatic carbocycles. The molecule has 2 atom stereocenters. The molecule has 1 aliphatic heterocycles. The van der Waals surface area contributed by atoms with Crippen LogP contribution in [-0.2, 0) is 11.3 Å². The summed E-state index contributed by atoms with van der Waals surface area (Å²) in [5.41, 5.74) is 1.13. The molecule has 1 heterocycles. The van der Waals surface area contributed by atoms with Gasteiger partial charge in [-0.1, -0.05) is 36.8 Å². The van der Waals surface area contributed by atoms with Crippen LogP contribution in [0.3, 0.4) is 0 Å². The van der Waals surface area contributed by atoms with Crippen LogP contribution < -0.4 is 16.0 Å². The number of nitrogens with one attached hydrogen (secondary N) is 3. The smallest absolute Gasteiger partial charge is 0.234 e. The Morgan fingerprint density at radius 3 is 2.86 bits per heavy atom. The summed E-state index contributed by atoms with van der Waals surface area (Å²) in [6.07, 6.45) is 4.96. The summed E-state index contributed by atoms with van der Waals surface area (Å²) < 4.78 is 0. The normalized spacial score (nSPS) is 20.0. The van der Waals surface area contributed by atoms with Gasteiger partial charge >= 0.3 is 0 Å². The van der Waals surface area contributed by atoms with Gasteiger partial charge < -0.3 is 16.0 Å². The first-order valence-electron chi connectivity index (χ1n) is 8.01. The average molecular weight is 289 g/mol. The van der Waals surface area contributed by atoms with Crippen LogP contribution in [0.2, 0.25) is 0 Å². The minimum absolute atomic E-state index is 0.0577. The van der Waals surface area contributed by atoms with Gasteiger partial charge in [0.15, 0.2) is 0 Å². The number of amides is 1. The molecule has 4 nitrogen and oxygen atoms in total. The van der Waals surface area contributed by atoms with Crippen LogP contribution in [0, 0.1) is 0 Å². The molecule has 0 spiro atoms. The molecule has 2 rings (SSSR count). The number of carbonyl (C=O) groups is 1. The van der Waals surface area contributed by atoms with Gasteiger partial charge in [-0.2, -0.15) is 0 Å². The molecule has 0 bridgehead atoms. The summed E-state index contributed by atoms with van der Waals surface area (Å²) in [4.78, 5) is 11.8. The summed E-state index contributed by atoms with van der Waals surface area (Å²) >= 11 is 0. The van der Waals surface area contributed by atoms with E-state index in [2.05, 4.69) is 22.9 Å². The van der Waals surface area contributed by atoms with Crippen molar-refractivity contribution in [1.29, 1.82) is 0 Å². The van der Waals surface area contributed by atoms with Gasteiger partial charge in [-0.15, -0.1) is 0 Å².